The Labute approximate surface area is 89.0 Å². The highest BCUT2D eigenvalue weighted by molar-refractivity contribution is 4.83. The summed E-state index contributed by atoms with van der Waals surface area (Å²) in [6.45, 7) is 2.90. The number of nitrogens with zero attached hydrogens (tertiary/aromatic N) is 2. The first-order chi connectivity index (χ1) is 7.29. The lowest BCUT2D eigenvalue weighted by atomic mass is 10.1. The summed E-state index contributed by atoms with van der Waals surface area (Å²) in [6, 6.07) is 0. The van der Waals surface area contributed by atoms with Gasteiger partial charge in [-0.2, -0.15) is 4.98 Å². The molecule has 0 spiro atoms. The molecule has 0 saturated heterocycles. The fourth-order valence-electron chi connectivity index (χ4n) is 2.07. The van der Waals surface area contributed by atoms with Crippen molar-refractivity contribution in [2.45, 2.75) is 38.9 Å². The number of rotatable bonds is 4. The van der Waals surface area contributed by atoms with Gasteiger partial charge in [0, 0.05) is 0 Å². The maximum atomic E-state index is 5.73. The van der Waals surface area contributed by atoms with E-state index in [1.54, 1.807) is 6.92 Å². The van der Waals surface area contributed by atoms with Crippen LogP contribution in [0.25, 0.3) is 0 Å². The summed E-state index contributed by atoms with van der Waals surface area (Å²) in [7, 11) is 0. The minimum absolute atomic E-state index is 0.266. The van der Waals surface area contributed by atoms with E-state index in [0.717, 1.165) is 6.42 Å². The highest BCUT2D eigenvalue weighted by Gasteiger charge is 2.27. The van der Waals surface area contributed by atoms with E-state index in [4.69, 9.17) is 15.0 Å². The second-order valence-electron chi connectivity index (χ2n) is 4.01. The van der Waals surface area contributed by atoms with Crippen LogP contribution in [0.4, 0.5) is 0 Å². The maximum absolute atomic E-state index is 5.73. The van der Waals surface area contributed by atoms with Crippen LogP contribution in [0.15, 0.2) is 4.52 Å². The van der Waals surface area contributed by atoms with Crippen molar-refractivity contribution in [3.63, 3.8) is 0 Å². The Morgan fingerprint density at radius 2 is 2.40 bits per heavy atom. The average Bonchev–Trinajstić information content (AvgIpc) is 2.83. The van der Waals surface area contributed by atoms with Crippen LogP contribution in [0.1, 0.15) is 31.0 Å². The van der Waals surface area contributed by atoms with E-state index < -0.39 is 0 Å². The van der Waals surface area contributed by atoms with Gasteiger partial charge in [0.25, 0.3) is 5.89 Å². The second-order valence-corrected chi connectivity index (χ2v) is 4.01. The molecule has 1 heterocycles. The molecule has 1 aromatic rings. The number of ether oxygens (including phenoxy) is 1. The van der Waals surface area contributed by atoms with Gasteiger partial charge in [-0.3, -0.25) is 0 Å². The first-order valence-corrected chi connectivity index (χ1v) is 5.40. The van der Waals surface area contributed by atoms with Gasteiger partial charge in [0.1, 0.15) is 6.61 Å². The van der Waals surface area contributed by atoms with E-state index in [9.17, 15) is 0 Å². The second kappa shape index (κ2) is 4.72. The first kappa shape index (κ1) is 10.6. The van der Waals surface area contributed by atoms with Gasteiger partial charge in [0.05, 0.1) is 6.10 Å². The standard InChI is InChI=1S/C10H17N3O2/c1-7-12-10(15-13-7)6-14-9-4-2-3-8(9)5-11/h8-9H,2-6,11H2,1H3. The average molecular weight is 211 g/mol. The van der Waals surface area contributed by atoms with Crippen molar-refractivity contribution in [3.8, 4) is 0 Å². The molecule has 1 aliphatic carbocycles. The lowest BCUT2D eigenvalue weighted by Crippen LogP contribution is -2.25. The molecule has 1 saturated carbocycles. The number of hydrogen-bond donors (Lipinski definition) is 1. The Kier molecular flexibility index (Phi) is 3.33. The molecule has 1 aromatic heterocycles. The lowest BCUT2D eigenvalue weighted by Gasteiger charge is -2.17. The van der Waals surface area contributed by atoms with Crippen LogP contribution in [-0.4, -0.2) is 22.8 Å². The fraction of sp³-hybridized carbons (Fsp3) is 0.800. The van der Waals surface area contributed by atoms with Gasteiger partial charge in [-0.05, 0) is 32.2 Å². The van der Waals surface area contributed by atoms with Crippen molar-refractivity contribution in [2.24, 2.45) is 11.7 Å². The summed E-state index contributed by atoms with van der Waals surface area (Å²) in [5, 5.41) is 3.71. The third kappa shape index (κ3) is 2.54. The van der Waals surface area contributed by atoms with Crippen molar-refractivity contribution in [3.05, 3.63) is 11.7 Å². The Bertz CT molecular complexity index is 313. The van der Waals surface area contributed by atoms with Crippen molar-refractivity contribution >= 4 is 0 Å². The fourth-order valence-corrected chi connectivity index (χ4v) is 2.07. The zero-order valence-electron chi connectivity index (χ0n) is 8.98. The van der Waals surface area contributed by atoms with Crippen molar-refractivity contribution in [1.82, 2.24) is 10.1 Å². The van der Waals surface area contributed by atoms with Crippen LogP contribution in [-0.2, 0) is 11.3 Å². The van der Waals surface area contributed by atoms with E-state index in [2.05, 4.69) is 10.1 Å². The summed E-state index contributed by atoms with van der Waals surface area (Å²) in [4.78, 5) is 4.09. The molecule has 0 radical (unpaired) electrons. The van der Waals surface area contributed by atoms with Gasteiger partial charge in [-0.25, -0.2) is 0 Å². The molecule has 2 N–H and O–H groups in total. The van der Waals surface area contributed by atoms with Gasteiger partial charge in [0.15, 0.2) is 5.82 Å². The monoisotopic (exact) mass is 211 g/mol. The summed E-state index contributed by atoms with van der Waals surface area (Å²) in [5.41, 5.74) is 5.67. The van der Waals surface area contributed by atoms with Gasteiger partial charge in [0.2, 0.25) is 0 Å². The van der Waals surface area contributed by atoms with Gasteiger partial charge < -0.3 is 15.0 Å². The molecule has 0 aromatic carbocycles. The van der Waals surface area contributed by atoms with E-state index in [1.807, 2.05) is 0 Å². The quantitative estimate of drug-likeness (QED) is 0.804. The van der Waals surface area contributed by atoms with Crippen molar-refractivity contribution in [1.29, 1.82) is 0 Å². The molecule has 2 unspecified atom stereocenters. The van der Waals surface area contributed by atoms with E-state index in [0.29, 0.717) is 30.8 Å². The van der Waals surface area contributed by atoms with Gasteiger partial charge in [-0.15, -0.1) is 0 Å². The minimum Gasteiger partial charge on any atom is -0.368 e. The highest BCUT2D eigenvalue weighted by Crippen LogP contribution is 2.27. The Hall–Kier alpha value is -0.940. The molecule has 5 nitrogen and oxygen atoms in total. The topological polar surface area (TPSA) is 74.2 Å². The molecule has 15 heavy (non-hydrogen) atoms. The van der Waals surface area contributed by atoms with Crippen LogP contribution in [0.2, 0.25) is 0 Å². The third-order valence-corrected chi connectivity index (χ3v) is 2.88. The van der Waals surface area contributed by atoms with Crippen LogP contribution in [0, 0.1) is 12.8 Å². The van der Waals surface area contributed by atoms with Crippen LogP contribution < -0.4 is 5.73 Å². The van der Waals surface area contributed by atoms with Crippen molar-refractivity contribution in [2.75, 3.05) is 6.54 Å². The molecule has 2 atom stereocenters. The molecule has 84 valence electrons. The summed E-state index contributed by atoms with van der Waals surface area (Å²) in [6.07, 6.45) is 3.73. The number of aromatic nitrogens is 2. The molecule has 5 heteroatoms. The lowest BCUT2D eigenvalue weighted by molar-refractivity contribution is 0.00567. The molecule has 0 aliphatic heterocycles. The summed E-state index contributed by atoms with van der Waals surface area (Å²) >= 11 is 0. The van der Waals surface area contributed by atoms with Crippen LogP contribution in [0.5, 0.6) is 0 Å². The summed E-state index contributed by atoms with van der Waals surface area (Å²) in [5.74, 6) is 1.69. The SMILES string of the molecule is Cc1noc(COC2CCCC2CN)n1. The van der Waals surface area contributed by atoms with Crippen molar-refractivity contribution < 1.29 is 9.26 Å². The normalized spacial score (nSPS) is 26.0. The van der Waals surface area contributed by atoms with E-state index in [1.165, 1.54) is 12.8 Å². The smallest absolute Gasteiger partial charge is 0.252 e. The first-order valence-electron chi connectivity index (χ1n) is 5.40. The molecule has 1 fully saturated rings. The molecular formula is C10H17N3O2. The molecule has 0 bridgehead atoms. The molecular weight excluding hydrogens is 194 g/mol. The number of hydrogen-bond acceptors (Lipinski definition) is 5. The largest absolute Gasteiger partial charge is 0.368 e. The van der Waals surface area contributed by atoms with Crippen LogP contribution >= 0.6 is 0 Å². The third-order valence-electron chi connectivity index (χ3n) is 2.88. The number of nitrogens with two attached hydrogens (primary N) is 1. The predicted octanol–water partition coefficient (Wildman–Crippen LogP) is 1.02. The minimum atomic E-state index is 0.266. The highest BCUT2D eigenvalue weighted by atomic mass is 16.5. The Morgan fingerprint density at radius 3 is 3.07 bits per heavy atom. The molecule has 0 amide bonds. The van der Waals surface area contributed by atoms with Crippen LogP contribution in [0.3, 0.4) is 0 Å². The zero-order valence-corrected chi connectivity index (χ0v) is 8.98. The Balaban J connectivity index is 1.82. The summed E-state index contributed by atoms with van der Waals surface area (Å²) < 4.78 is 10.7. The molecule has 2 rings (SSSR count). The van der Waals surface area contributed by atoms with Gasteiger partial charge in [-0.1, -0.05) is 11.6 Å². The predicted molar refractivity (Wildman–Crippen MR) is 54.0 cm³/mol. The van der Waals surface area contributed by atoms with E-state index in [-0.39, 0.29) is 6.10 Å². The van der Waals surface area contributed by atoms with E-state index >= 15 is 0 Å². The van der Waals surface area contributed by atoms with Gasteiger partial charge >= 0.3 is 0 Å². The Morgan fingerprint density at radius 1 is 1.53 bits per heavy atom. The zero-order chi connectivity index (χ0) is 10.7. The molecule has 1 aliphatic rings. The maximum Gasteiger partial charge on any atom is 0.252 e. The number of aryl methyl sites for hydroxylation is 1.